The number of benzene rings is 1. The van der Waals surface area contributed by atoms with E-state index < -0.39 is 0 Å². The highest BCUT2D eigenvalue weighted by Crippen LogP contribution is 2.23. The Kier molecular flexibility index (Phi) is 5.26. The Morgan fingerprint density at radius 3 is 2.87 bits per heavy atom. The van der Waals surface area contributed by atoms with Crippen LogP contribution in [0.25, 0.3) is 0 Å². The van der Waals surface area contributed by atoms with Gasteiger partial charge in [0.1, 0.15) is 5.75 Å². The molecule has 9 heteroatoms. The number of aryl methyl sites for hydroxylation is 1. The normalized spacial score (nSPS) is 11.7. The highest BCUT2D eigenvalue weighted by Gasteiger charge is 2.10. The lowest BCUT2D eigenvalue weighted by Gasteiger charge is -1.99. The Balaban J connectivity index is 2.08. The third kappa shape index (κ3) is 4.51. The van der Waals surface area contributed by atoms with Crippen molar-refractivity contribution in [2.24, 2.45) is 15.9 Å². The predicted molar refractivity (Wildman–Crippen MR) is 93.4 cm³/mol. The number of hydrazone groups is 2. The van der Waals surface area contributed by atoms with Crippen molar-refractivity contribution >= 4 is 34.4 Å². The molecule has 0 aliphatic rings. The Morgan fingerprint density at radius 2 is 2.17 bits per heavy atom. The summed E-state index contributed by atoms with van der Waals surface area (Å²) in [6.45, 7) is 3.65. The van der Waals surface area contributed by atoms with Crippen molar-refractivity contribution in [1.29, 1.82) is 5.41 Å². The molecule has 0 radical (unpaired) electrons. The van der Waals surface area contributed by atoms with Crippen LogP contribution in [0, 0.1) is 12.3 Å². The fraction of sp³-hybridized carbons (Fsp3) is 0.143. The lowest BCUT2D eigenvalue weighted by molar-refractivity contribution is 0.474. The van der Waals surface area contributed by atoms with Crippen molar-refractivity contribution in [3.8, 4) is 5.75 Å². The van der Waals surface area contributed by atoms with Crippen LogP contribution in [0.1, 0.15) is 23.1 Å². The van der Waals surface area contributed by atoms with Gasteiger partial charge in [-0.15, -0.1) is 0 Å². The quantitative estimate of drug-likeness (QED) is 0.324. The fourth-order valence-corrected chi connectivity index (χ4v) is 2.59. The number of anilines is 1. The number of phenolic OH excluding ortho intramolecular Hbond substituents is 1. The first-order valence-electron chi connectivity index (χ1n) is 6.66. The van der Waals surface area contributed by atoms with Gasteiger partial charge in [0.25, 0.3) is 0 Å². The van der Waals surface area contributed by atoms with Gasteiger partial charge in [-0.1, -0.05) is 23.5 Å². The van der Waals surface area contributed by atoms with Crippen LogP contribution < -0.4 is 16.6 Å². The Morgan fingerprint density at radius 1 is 1.43 bits per heavy atom. The van der Waals surface area contributed by atoms with Crippen LogP contribution in [-0.4, -0.2) is 28.0 Å². The van der Waals surface area contributed by atoms with Crippen LogP contribution in [0.15, 0.2) is 34.5 Å². The topological polar surface area (TPSA) is 132 Å². The number of phenols is 1. The Hall–Kier alpha value is -2.94. The van der Waals surface area contributed by atoms with Gasteiger partial charge in [-0.25, -0.2) is 10.4 Å². The highest BCUT2D eigenvalue weighted by molar-refractivity contribution is 7.17. The molecule has 0 bridgehead atoms. The summed E-state index contributed by atoms with van der Waals surface area (Å²) in [5.41, 5.74) is 12.5. The summed E-state index contributed by atoms with van der Waals surface area (Å²) in [4.78, 5) is 5.21. The molecule has 0 fully saturated rings. The van der Waals surface area contributed by atoms with Crippen molar-refractivity contribution in [3.63, 3.8) is 0 Å². The molecule has 0 saturated carbocycles. The average molecular weight is 331 g/mol. The van der Waals surface area contributed by atoms with Gasteiger partial charge in [-0.05, 0) is 26.0 Å². The minimum atomic E-state index is -0.225. The van der Waals surface area contributed by atoms with Gasteiger partial charge in [0.2, 0.25) is 11.1 Å². The summed E-state index contributed by atoms with van der Waals surface area (Å²) >= 11 is 1.38. The van der Waals surface area contributed by atoms with Crippen molar-refractivity contribution in [2.45, 2.75) is 13.8 Å². The molecule has 2 aromatic rings. The second-order valence-corrected chi connectivity index (χ2v) is 5.58. The van der Waals surface area contributed by atoms with Gasteiger partial charge in [-0.2, -0.15) is 10.2 Å². The van der Waals surface area contributed by atoms with Crippen LogP contribution >= 0.6 is 11.3 Å². The summed E-state index contributed by atoms with van der Waals surface area (Å²) < 4.78 is 0. The van der Waals surface area contributed by atoms with Gasteiger partial charge in [0.05, 0.1) is 22.5 Å². The van der Waals surface area contributed by atoms with Crippen molar-refractivity contribution < 1.29 is 5.11 Å². The van der Waals surface area contributed by atoms with E-state index >= 15 is 0 Å². The van der Waals surface area contributed by atoms with Crippen LogP contribution in [0.5, 0.6) is 5.75 Å². The Bertz CT molecular complexity index is 766. The van der Waals surface area contributed by atoms with Crippen LogP contribution in [-0.2, 0) is 0 Å². The number of aromatic nitrogens is 1. The summed E-state index contributed by atoms with van der Waals surface area (Å²) in [6, 6.07) is 6.90. The molecule has 0 unspecified atom stereocenters. The molecule has 0 aliphatic heterocycles. The zero-order chi connectivity index (χ0) is 16.8. The van der Waals surface area contributed by atoms with Crippen molar-refractivity contribution in [2.75, 3.05) is 5.43 Å². The second kappa shape index (κ2) is 7.36. The summed E-state index contributed by atoms with van der Waals surface area (Å²) in [5.74, 6) is -0.0653. The van der Waals surface area contributed by atoms with Crippen LogP contribution in [0.4, 0.5) is 5.13 Å². The molecule has 0 saturated heterocycles. The maximum atomic E-state index is 9.65. The lowest BCUT2D eigenvalue weighted by atomic mass is 10.2. The van der Waals surface area contributed by atoms with E-state index in [2.05, 4.69) is 26.0 Å². The maximum Gasteiger partial charge on any atom is 0.206 e. The standard InChI is InChI=1S/C14H17N7OS/c1-8-12(9(2)19-20-13(15)16)23-14(18-8)21-17-7-10-5-3-4-6-11(10)22/h3-7,22H,1-2H3,(H,18,21)(H4,15,16,20). The van der Waals surface area contributed by atoms with Crippen LogP contribution in [0.3, 0.4) is 0 Å². The summed E-state index contributed by atoms with van der Waals surface area (Å²) in [7, 11) is 0. The smallest absolute Gasteiger partial charge is 0.206 e. The molecule has 8 nitrogen and oxygen atoms in total. The van der Waals surface area contributed by atoms with Crippen molar-refractivity contribution in [3.05, 3.63) is 40.4 Å². The van der Waals surface area contributed by atoms with E-state index in [1.165, 1.54) is 17.6 Å². The largest absolute Gasteiger partial charge is 0.507 e. The summed E-state index contributed by atoms with van der Waals surface area (Å²) in [5, 5.41) is 25.4. The van der Waals surface area contributed by atoms with E-state index in [1.807, 2.05) is 13.0 Å². The number of hydrogen-bond donors (Lipinski definition) is 5. The lowest BCUT2D eigenvalue weighted by Crippen LogP contribution is -2.26. The molecule has 0 aliphatic carbocycles. The molecule has 23 heavy (non-hydrogen) atoms. The fourth-order valence-electron chi connectivity index (χ4n) is 1.73. The number of nitrogens with zero attached hydrogens (tertiary/aromatic N) is 3. The molecule has 6 N–H and O–H groups in total. The van der Waals surface area contributed by atoms with E-state index in [9.17, 15) is 5.11 Å². The third-order valence-electron chi connectivity index (χ3n) is 2.77. The first kappa shape index (κ1) is 16.4. The molecule has 0 amide bonds. The Labute approximate surface area is 137 Å². The van der Waals surface area contributed by atoms with E-state index in [0.717, 1.165) is 10.6 Å². The number of nitrogens with two attached hydrogens (primary N) is 1. The van der Waals surface area contributed by atoms with E-state index in [4.69, 9.17) is 11.1 Å². The number of thiazole rings is 1. The zero-order valence-corrected chi connectivity index (χ0v) is 13.5. The highest BCUT2D eigenvalue weighted by atomic mass is 32.1. The monoisotopic (exact) mass is 331 g/mol. The number of guanidine groups is 1. The maximum absolute atomic E-state index is 9.65. The molecule has 120 valence electrons. The molecule has 1 aromatic heterocycles. The molecule has 0 spiro atoms. The number of hydrogen-bond acceptors (Lipinski definition) is 7. The second-order valence-electron chi connectivity index (χ2n) is 4.59. The number of aromatic hydroxyl groups is 1. The van der Waals surface area contributed by atoms with Gasteiger partial charge < -0.3 is 10.8 Å². The number of nitrogens with one attached hydrogen (secondary N) is 3. The minimum Gasteiger partial charge on any atom is -0.507 e. The first-order chi connectivity index (χ1) is 11.0. The van der Waals surface area contributed by atoms with Crippen molar-refractivity contribution in [1.82, 2.24) is 10.4 Å². The van der Waals surface area contributed by atoms with Gasteiger partial charge >= 0.3 is 0 Å². The van der Waals surface area contributed by atoms with E-state index in [-0.39, 0.29) is 11.7 Å². The molecule has 2 rings (SSSR count). The minimum absolute atomic E-state index is 0.160. The number of para-hydroxylation sites is 1. The molecule has 1 aromatic carbocycles. The van der Waals surface area contributed by atoms with Gasteiger partial charge in [0.15, 0.2) is 0 Å². The number of rotatable bonds is 5. The first-order valence-corrected chi connectivity index (χ1v) is 7.48. The van der Waals surface area contributed by atoms with Gasteiger partial charge in [-0.3, -0.25) is 10.8 Å². The average Bonchev–Trinajstić information content (AvgIpc) is 2.88. The molecule has 1 heterocycles. The molecular weight excluding hydrogens is 314 g/mol. The summed E-state index contributed by atoms with van der Waals surface area (Å²) in [6.07, 6.45) is 1.52. The molecule has 0 atom stereocenters. The van der Waals surface area contributed by atoms with E-state index in [1.54, 1.807) is 25.1 Å². The van der Waals surface area contributed by atoms with Crippen LogP contribution in [0.2, 0.25) is 0 Å². The van der Waals surface area contributed by atoms with Gasteiger partial charge in [0, 0.05) is 5.56 Å². The zero-order valence-electron chi connectivity index (χ0n) is 12.7. The molecular formula is C14H17N7OS. The third-order valence-corrected chi connectivity index (χ3v) is 3.94. The SMILES string of the molecule is CC(=NNC(=N)N)c1sc(NN=Cc2ccccc2O)nc1C. The van der Waals surface area contributed by atoms with E-state index in [0.29, 0.717) is 16.4 Å². The predicted octanol–water partition coefficient (Wildman–Crippen LogP) is 1.81.